The highest BCUT2D eigenvalue weighted by atomic mass is 35.5. The summed E-state index contributed by atoms with van der Waals surface area (Å²) in [7, 11) is 1.61. The Balaban J connectivity index is 1.74. The minimum atomic E-state index is -0.570. The van der Waals surface area contributed by atoms with Crippen LogP contribution in [-0.2, 0) is 16.1 Å². The van der Waals surface area contributed by atoms with Gasteiger partial charge in [0.15, 0.2) is 6.61 Å². The van der Waals surface area contributed by atoms with Crippen LogP contribution in [0.4, 0.5) is 0 Å². The van der Waals surface area contributed by atoms with Gasteiger partial charge in [0.25, 0.3) is 5.91 Å². The zero-order chi connectivity index (χ0) is 22.9. The van der Waals surface area contributed by atoms with E-state index in [2.05, 4.69) is 5.32 Å². The predicted octanol–water partition coefficient (Wildman–Crippen LogP) is 4.59. The first-order chi connectivity index (χ1) is 15.5. The zero-order valence-electron chi connectivity index (χ0n) is 18.7. The summed E-state index contributed by atoms with van der Waals surface area (Å²) in [6.45, 7) is 2.07. The fraction of sp³-hybridized carbons (Fsp3) is 0.440. The molecule has 1 aliphatic carbocycles. The molecule has 0 unspecified atom stereocenters. The minimum Gasteiger partial charge on any atom is -0.497 e. The molecule has 32 heavy (non-hydrogen) atoms. The van der Waals surface area contributed by atoms with Crippen molar-refractivity contribution in [2.24, 2.45) is 0 Å². The van der Waals surface area contributed by atoms with Crippen molar-refractivity contribution in [1.29, 1.82) is 0 Å². The number of hydrogen-bond donors (Lipinski definition) is 1. The van der Waals surface area contributed by atoms with Crippen LogP contribution >= 0.6 is 11.6 Å². The molecule has 0 aromatic heterocycles. The molecule has 1 atom stereocenters. The molecule has 0 aliphatic heterocycles. The van der Waals surface area contributed by atoms with Crippen LogP contribution in [0, 0.1) is 0 Å². The third-order valence-electron chi connectivity index (χ3n) is 5.78. The normalized spacial score (nSPS) is 14.6. The third-order valence-corrected chi connectivity index (χ3v) is 6.03. The van der Waals surface area contributed by atoms with Gasteiger partial charge in [-0.15, -0.1) is 0 Å². The lowest BCUT2D eigenvalue weighted by molar-refractivity contribution is -0.143. The number of carbonyl (C=O) groups is 2. The molecule has 2 aromatic rings. The van der Waals surface area contributed by atoms with Crippen LogP contribution in [0.5, 0.6) is 11.5 Å². The van der Waals surface area contributed by atoms with Crippen LogP contribution in [0.25, 0.3) is 0 Å². The molecule has 7 heteroatoms. The molecular weight excluding hydrogens is 428 g/mol. The Morgan fingerprint density at radius 3 is 2.28 bits per heavy atom. The lowest BCUT2D eigenvalue weighted by Crippen LogP contribution is -2.52. The van der Waals surface area contributed by atoms with E-state index in [9.17, 15) is 9.59 Å². The van der Waals surface area contributed by atoms with Crippen molar-refractivity contribution < 1.29 is 19.1 Å². The molecule has 0 saturated heterocycles. The summed E-state index contributed by atoms with van der Waals surface area (Å²) in [4.78, 5) is 27.9. The maximum Gasteiger partial charge on any atom is 0.261 e. The molecule has 0 radical (unpaired) electrons. The van der Waals surface area contributed by atoms with Gasteiger partial charge in [-0.2, -0.15) is 0 Å². The Bertz CT molecular complexity index is 880. The van der Waals surface area contributed by atoms with E-state index in [0.717, 1.165) is 37.0 Å². The van der Waals surface area contributed by atoms with Crippen LogP contribution in [0.1, 0.15) is 44.6 Å². The van der Waals surface area contributed by atoms with Crippen molar-refractivity contribution in [3.8, 4) is 11.5 Å². The predicted molar refractivity (Wildman–Crippen MR) is 125 cm³/mol. The second kappa shape index (κ2) is 11.8. The smallest absolute Gasteiger partial charge is 0.261 e. The average molecular weight is 459 g/mol. The van der Waals surface area contributed by atoms with Gasteiger partial charge in [0, 0.05) is 17.6 Å². The Kier molecular flexibility index (Phi) is 8.80. The summed E-state index contributed by atoms with van der Waals surface area (Å²) < 4.78 is 10.9. The van der Waals surface area contributed by atoms with Gasteiger partial charge in [-0.1, -0.05) is 43.5 Å². The monoisotopic (exact) mass is 458 g/mol. The number of ether oxygens (including phenoxy) is 2. The van der Waals surface area contributed by atoms with Crippen LogP contribution in [-0.4, -0.2) is 42.5 Å². The first-order valence-corrected chi connectivity index (χ1v) is 11.5. The van der Waals surface area contributed by atoms with E-state index in [1.54, 1.807) is 36.3 Å². The molecule has 172 valence electrons. The van der Waals surface area contributed by atoms with E-state index < -0.39 is 6.04 Å². The van der Waals surface area contributed by atoms with Gasteiger partial charge in [0.1, 0.15) is 17.5 Å². The van der Waals surface area contributed by atoms with Crippen molar-refractivity contribution in [1.82, 2.24) is 10.2 Å². The number of halogens is 1. The fourth-order valence-corrected chi connectivity index (χ4v) is 4.10. The van der Waals surface area contributed by atoms with E-state index >= 15 is 0 Å². The number of carbonyl (C=O) groups excluding carboxylic acids is 2. The summed E-state index contributed by atoms with van der Waals surface area (Å²) in [5, 5.41) is 3.74. The maximum atomic E-state index is 13.2. The highest BCUT2D eigenvalue weighted by Crippen LogP contribution is 2.21. The summed E-state index contributed by atoms with van der Waals surface area (Å²) in [6, 6.07) is 14.0. The van der Waals surface area contributed by atoms with E-state index in [0.29, 0.717) is 23.7 Å². The molecule has 3 rings (SSSR count). The average Bonchev–Trinajstić information content (AvgIpc) is 3.31. The van der Waals surface area contributed by atoms with Crippen molar-refractivity contribution in [2.45, 2.75) is 57.7 Å². The van der Waals surface area contributed by atoms with Crippen molar-refractivity contribution in [2.75, 3.05) is 13.7 Å². The van der Waals surface area contributed by atoms with Crippen molar-refractivity contribution >= 4 is 23.4 Å². The van der Waals surface area contributed by atoms with E-state index in [1.165, 1.54) is 0 Å². The maximum absolute atomic E-state index is 13.2. The topological polar surface area (TPSA) is 67.9 Å². The first kappa shape index (κ1) is 23.9. The third kappa shape index (κ3) is 6.63. The van der Waals surface area contributed by atoms with E-state index in [1.807, 2.05) is 31.2 Å². The Morgan fingerprint density at radius 2 is 1.69 bits per heavy atom. The molecule has 1 saturated carbocycles. The zero-order valence-corrected chi connectivity index (χ0v) is 19.4. The molecule has 1 aliphatic rings. The number of benzene rings is 2. The van der Waals surface area contributed by atoms with E-state index in [-0.39, 0.29) is 24.5 Å². The molecule has 2 aromatic carbocycles. The van der Waals surface area contributed by atoms with Gasteiger partial charge in [-0.25, -0.2) is 0 Å². The number of rotatable bonds is 10. The van der Waals surface area contributed by atoms with Crippen LogP contribution in [0.15, 0.2) is 48.5 Å². The van der Waals surface area contributed by atoms with Gasteiger partial charge in [-0.3, -0.25) is 9.59 Å². The fourth-order valence-electron chi connectivity index (χ4n) is 3.97. The number of nitrogens with one attached hydrogen (secondary N) is 1. The number of methoxy groups -OCH3 is 1. The van der Waals surface area contributed by atoms with Gasteiger partial charge in [0.05, 0.1) is 7.11 Å². The molecule has 0 bridgehead atoms. The molecule has 1 N–H and O–H groups in total. The molecular formula is C25H31ClN2O4. The van der Waals surface area contributed by atoms with E-state index in [4.69, 9.17) is 21.1 Å². The largest absolute Gasteiger partial charge is 0.497 e. The van der Waals surface area contributed by atoms with Crippen molar-refractivity contribution in [3.63, 3.8) is 0 Å². The number of nitrogens with zero attached hydrogens (tertiary/aromatic N) is 1. The molecule has 6 nitrogen and oxygen atoms in total. The summed E-state index contributed by atoms with van der Waals surface area (Å²) in [5.41, 5.74) is 0.915. The Labute approximate surface area is 194 Å². The van der Waals surface area contributed by atoms with Crippen LogP contribution < -0.4 is 14.8 Å². The van der Waals surface area contributed by atoms with Gasteiger partial charge >= 0.3 is 0 Å². The Morgan fingerprint density at radius 1 is 1.06 bits per heavy atom. The second-order valence-electron chi connectivity index (χ2n) is 8.03. The second-order valence-corrected chi connectivity index (χ2v) is 8.46. The van der Waals surface area contributed by atoms with Gasteiger partial charge < -0.3 is 19.7 Å². The molecule has 0 heterocycles. The lowest BCUT2D eigenvalue weighted by atomic mass is 10.1. The number of hydrogen-bond acceptors (Lipinski definition) is 4. The molecule has 2 amide bonds. The molecule has 0 spiro atoms. The summed E-state index contributed by atoms with van der Waals surface area (Å²) in [6.07, 6.45) is 4.76. The SMILES string of the molecule is CC[C@H](C(=O)NC1CCCC1)N(Cc1ccc(OC)cc1)C(=O)COc1ccc(Cl)cc1. The van der Waals surface area contributed by atoms with Crippen LogP contribution in [0.3, 0.4) is 0 Å². The molecule has 1 fully saturated rings. The highest BCUT2D eigenvalue weighted by molar-refractivity contribution is 6.30. The van der Waals surface area contributed by atoms with Crippen molar-refractivity contribution in [3.05, 3.63) is 59.1 Å². The Hall–Kier alpha value is -2.73. The van der Waals surface area contributed by atoms with Gasteiger partial charge in [0.2, 0.25) is 5.91 Å². The standard InChI is InChI=1S/C25H31ClN2O4/c1-3-23(25(30)27-20-6-4-5-7-20)28(16-18-8-12-21(31-2)13-9-18)24(29)17-32-22-14-10-19(26)11-15-22/h8-15,20,23H,3-7,16-17H2,1-2H3,(H,27,30)/t23-/m1/s1. The summed E-state index contributed by atoms with van der Waals surface area (Å²) >= 11 is 5.92. The quantitative estimate of drug-likeness (QED) is 0.565. The first-order valence-electron chi connectivity index (χ1n) is 11.1. The van der Waals surface area contributed by atoms with Gasteiger partial charge in [-0.05, 0) is 61.2 Å². The lowest BCUT2D eigenvalue weighted by Gasteiger charge is -2.31. The number of amides is 2. The minimum absolute atomic E-state index is 0.104. The van der Waals surface area contributed by atoms with Crippen LogP contribution in [0.2, 0.25) is 5.02 Å². The summed E-state index contributed by atoms with van der Waals surface area (Å²) in [5.74, 6) is 0.941. The highest BCUT2D eigenvalue weighted by Gasteiger charge is 2.30.